The molecule has 0 aliphatic heterocycles. The van der Waals surface area contributed by atoms with Crippen molar-refractivity contribution in [2.45, 2.75) is 57.4 Å². The molecule has 1 saturated carbocycles. The molecule has 186 valence electrons. The van der Waals surface area contributed by atoms with E-state index in [9.17, 15) is 14.7 Å². The third-order valence-corrected chi connectivity index (χ3v) is 7.14. The molecule has 5 rings (SSSR count). The van der Waals surface area contributed by atoms with E-state index in [1.165, 1.54) is 0 Å². The fourth-order valence-corrected chi connectivity index (χ4v) is 5.24. The van der Waals surface area contributed by atoms with E-state index in [4.69, 9.17) is 10.5 Å². The fourth-order valence-electron chi connectivity index (χ4n) is 5.24. The summed E-state index contributed by atoms with van der Waals surface area (Å²) in [4.78, 5) is 24.6. The molecule has 0 spiro atoms. The van der Waals surface area contributed by atoms with Gasteiger partial charge < -0.3 is 25.5 Å². The molecule has 2 amide bonds. The number of nitrogens with two attached hydrogens (primary N) is 1. The number of primary amides is 1. The molecule has 1 aliphatic carbocycles. The summed E-state index contributed by atoms with van der Waals surface area (Å²) in [5, 5.41) is 16.6. The zero-order chi connectivity index (χ0) is 25.2. The lowest BCUT2D eigenvalue weighted by molar-refractivity contribution is 0.0708. The van der Waals surface area contributed by atoms with Gasteiger partial charge in [0.2, 0.25) is 0 Å². The lowest BCUT2D eigenvalue weighted by atomic mass is 9.93. The number of hydrogen-bond acceptors (Lipinski definition) is 4. The molecule has 4 aromatic rings. The van der Waals surface area contributed by atoms with E-state index >= 15 is 0 Å². The van der Waals surface area contributed by atoms with Gasteiger partial charge in [0.15, 0.2) is 0 Å². The highest BCUT2D eigenvalue weighted by atomic mass is 16.6. The first-order valence-corrected chi connectivity index (χ1v) is 12.4. The molecular weight excluding hydrogens is 454 g/mol. The van der Waals surface area contributed by atoms with Crippen LogP contribution in [0.2, 0.25) is 0 Å². The first-order chi connectivity index (χ1) is 17.4. The number of aliphatic hydroxyl groups is 1. The highest BCUT2D eigenvalue weighted by molar-refractivity contribution is 5.99. The largest absolute Gasteiger partial charge is 0.446 e. The molecule has 4 N–H and O–H groups in total. The van der Waals surface area contributed by atoms with Gasteiger partial charge in [0.1, 0.15) is 11.8 Å². The van der Waals surface area contributed by atoms with Gasteiger partial charge in [0.05, 0.1) is 6.10 Å². The van der Waals surface area contributed by atoms with Gasteiger partial charge >= 0.3 is 6.09 Å². The summed E-state index contributed by atoms with van der Waals surface area (Å²) in [5.41, 5.74) is 8.56. The highest BCUT2D eigenvalue weighted by Crippen LogP contribution is 2.28. The van der Waals surface area contributed by atoms with Crippen LogP contribution in [0, 0.1) is 0 Å². The maximum Gasteiger partial charge on any atom is 0.404 e. The number of hydrogen-bond donors (Lipinski definition) is 3. The molecule has 1 unspecified atom stereocenters. The summed E-state index contributed by atoms with van der Waals surface area (Å²) in [5.74, 6) is -0.135. The molecule has 1 heterocycles. The number of nitrogens with zero attached hydrogens (tertiary/aromatic N) is 1. The first kappa shape index (κ1) is 23.9. The van der Waals surface area contributed by atoms with Crippen LogP contribution in [-0.2, 0) is 11.3 Å². The smallest absolute Gasteiger partial charge is 0.404 e. The zero-order valence-corrected chi connectivity index (χ0v) is 20.3. The van der Waals surface area contributed by atoms with Crippen molar-refractivity contribution in [2.24, 2.45) is 5.73 Å². The summed E-state index contributed by atoms with van der Waals surface area (Å²) < 4.78 is 7.16. The van der Waals surface area contributed by atoms with Gasteiger partial charge in [-0.1, -0.05) is 54.6 Å². The average Bonchev–Trinajstić information content (AvgIpc) is 3.23. The van der Waals surface area contributed by atoms with E-state index in [0.717, 1.165) is 45.6 Å². The van der Waals surface area contributed by atoms with Gasteiger partial charge in [0.25, 0.3) is 5.91 Å². The van der Waals surface area contributed by atoms with Crippen LogP contribution in [0.1, 0.15) is 60.3 Å². The first-order valence-electron chi connectivity index (χ1n) is 12.4. The minimum absolute atomic E-state index is 0.00210. The van der Waals surface area contributed by atoms with Crippen LogP contribution in [0.25, 0.3) is 21.7 Å². The van der Waals surface area contributed by atoms with Crippen molar-refractivity contribution in [3.63, 3.8) is 0 Å². The second-order valence-corrected chi connectivity index (χ2v) is 9.63. The lowest BCUT2D eigenvalue weighted by Gasteiger charge is -2.28. The minimum atomic E-state index is -0.753. The molecule has 1 fully saturated rings. The topological polar surface area (TPSA) is 107 Å². The number of carbonyl (C=O) groups is 2. The Morgan fingerprint density at radius 3 is 2.53 bits per heavy atom. The van der Waals surface area contributed by atoms with Gasteiger partial charge in [0, 0.05) is 23.5 Å². The average molecular weight is 486 g/mol. The molecular formula is C29H31N3O4. The van der Waals surface area contributed by atoms with E-state index in [0.29, 0.717) is 25.1 Å². The van der Waals surface area contributed by atoms with E-state index in [1.807, 2.05) is 47.0 Å². The van der Waals surface area contributed by atoms with Crippen molar-refractivity contribution in [2.75, 3.05) is 0 Å². The number of nitrogens with one attached hydrogen (secondary N) is 1. The number of ether oxygens (including phenoxy) is 1. The number of rotatable bonds is 6. The number of carbonyl (C=O) groups excluding carboxylic acids is 2. The zero-order valence-electron chi connectivity index (χ0n) is 20.3. The molecule has 7 nitrogen and oxygen atoms in total. The summed E-state index contributed by atoms with van der Waals surface area (Å²) in [6.45, 7) is 2.26. The monoisotopic (exact) mass is 485 g/mol. The molecule has 0 bridgehead atoms. The van der Waals surface area contributed by atoms with Crippen molar-refractivity contribution < 1.29 is 19.4 Å². The van der Waals surface area contributed by atoms with E-state index < -0.39 is 12.2 Å². The quantitative estimate of drug-likeness (QED) is 0.356. The molecule has 7 heteroatoms. The SMILES string of the molecule is CC(O)c1ccc2cc(C(=O)NC3CCC(OC(N)=O)CC3)n(Cc3cccc4ccccc34)c2c1. The van der Waals surface area contributed by atoms with Gasteiger partial charge in [-0.15, -0.1) is 0 Å². The number of aliphatic hydroxyl groups excluding tert-OH is 1. The minimum Gasteiger partial charge on any atom is -0.446 e. The van der Waals surface area contributed by atoms with Crippen LogP contribution in [0.4, 0.5) is 4.79 Å². The molecule has 36 heavy (non-hydrogen) atoms. The Balaban J connectivity index is 1.47. The fraction of sp³-hybridized carbons (Fsp3) is 0.310. The van der Waals surface area contributed by atoms with Crippen molar-refractivity contribution >= 4 is 33.7 Å². The molecule has 3 aromatic carbocycles. The van der Waals surface area contributed by atoms with Crippen molar-refractivity contribution in [1.29, 1.82) is 0 Å². The van der Waals surface area contributed by atoms with E-state index in [1.54, 1.807) is 6.92 Å². The lowest BCUT2D eigenvalue weighted by Crippen LogP contribution is -2.40. The Bertz CT molecular complexity index is 1410. The normalized spacial score (nSPS) is 18.7. The number of amides is 2. The van der Waals surface area contributed by atoms with Crippen LogP contribution < -0.4 is 11.1 Å². The maximum absolute atomic E-state index is 13.5. The van der Waals surface area contributed by atoms with Gasteiger partial charge in [-0.2, -0.15) is 0 Å². The maximum atomic E-state index is 13.5. The molecule has 1 aliphatic rings. The summed E-state index contributed by atoms with van der Waals surface area (Å²) in [7, 11) is 0. The van der Waals surface area contributed by atoms with Gasteiger partial charge in [-0.3, -0.25) is 4.79 Å². The molecule has 1 atom stereocenters. The van der Waals surface area contributed by atoms with Crippen LogP contribution in [0.5, 0.6) is 0 Å². The van der Waals surface area contributed by atoms with Crippen molar-refractivity contribution in [3.8, 4) is 0 Å². The molecule has 1 aromatic heterocycles. The Morgan fingerprint density at radius 1 is 1.03 bits per heavy atom. The predicted molar refractivity (Wildman–Crippen MR) is 140 cm³/mol. The number of aromatic nitrogens is 1. The van der Waals surface area contributed by atoms with Crippen molar-refractivity contribution in [1.82, 2.24) is 9.88 Å². The van der Waals surface area contributed by atoms with Crippen molar-refractivity contribution in [3.05, 3.63) is 83.6 Å². The third kappa shape index (κ3) is 4.93. The Kier molecular flexibility index (Phi) is 6.65. The van der Waals surface area contributed by atoms with Crippen LogP contribution in [0.3, 0.4) is 0 Å². The Labute approximate surface area is 209 Å². The Morgan fingerprint density at radius 2 is 1.78 bits per heavy atom. The van der Waals surface area contributed by atoms with Crippen LogP contribution >= 0.6 is 0 Å². The van der Waals surface area contributed by atoms with E-state index in [-0.39, 0.29) is 18.1 Å². The van der Waals surface area contributed by atoms with Crippen LogP contribution in [0.15, 0.2) is 66.7 Å². The summed E-state index contributed by atoms with van der Waals surface area (Å²) in [6.07, 6.45) is 1.24. The summed E-state index contributed by atoms with van der Waals surface area (Å²) in [6, 6.07) is 22.2. The Hall–Kier alpha value is -3.84. The van der Waals surface area contributed by atoms with E-state index in [2.05, 4.69) is 29.6 Å². The second kappa shape index (κ2) is 10.0. The molecule has 0 radical (unpaired) electrons. The second-order valence-electron chi connectivity index (χ2n) is 9.63. The third-order valence-electron chi connectivity index (χ3n) is 7.14. The summed E-state index contributed by atoms with van der Waals surface area (Å²) >= 11 is 0. The van der Waals surface area contributed by atoms with Crippen LogP contribution in [-0.4, -0.2) is 33.8 Å². The van der Waals surface area contributed by atoms with Gasteiger partial charge in [-0.05, 0) is 66.6 Å². The number of fused-ring (bicyclic) bond motifs is 2. The predicted octanol–water partition coefficient (Wildman–Crippen LogP) is 5.03. The number of benzene rings is 3. The standard InChI is InChI=1S/C29H31N3O4/c1-18(33)20-9-10-21-16-27(28(34)31-23-11-13-24(14-12-23)36-29(30)35)32(26(21)15-20)17-22-7-4-6-19-5-2-3-8-25(19)22/h2-10,15-16,18,23-24,33H,11-14,17H2,1H3,(H2,30,35)(H,31,34). The molecule has 0 saturated heterocycles. The van der Waals surface area contributed by atoms with Gasteiger partial charge in [-0.25, -0.2) is 4.79 Å². The highest BCUT2D eigenvalue weighted by Gasteiger charge is 2.26.